The van der Waals surface area contributed by atoms with E-state index >= 15 is 0 Å². The minimum absolute atomic E-state index is 0.120. The van der Waals surface area contributed by atoms with E-state index in [4.69, 9.17) is 0 Å². The Morgan fingerprint density at radius 3 is 2.55 bits per heavy atom. The highest BCUT2D eigenvalue weighted by atomic mass is 16.2. The van der Waals surface area contributed by atoms with Gasteiger partial charge in [0.25, 0.3) is 0 Å². The molecule has 22 heavy (non-hydrogen) atoms. The number of pyridine rings is 1. The average molecular weight is 297 g/mol. The smallest absolute Gasteiger partial charge is 0.319 e. The number of amides is 2. The first-order valence-corrected chi connectivity index (χ1v) is 7.26. The van der Waals surface area contributed by atoms with Crippen LogP contribution in [-0.4, -0.2) is 16.8 Å². The first-order valence-electron chi connectivity index (χ1n) is 7.26. The molecule has 0 bridgehead atoms. The lowest BCUT2D eigenvalue weighted by molar-refractivity contribution is 0.0982. The van der Waals surface area contributed by atoms with Gasteiger partial charge < -0.3 is 10.6 Å². The van der Waals surface area contributed by atoms with E-state index in [0.717, 1.165) is 12.0 Å². The fourth-order valence-electron chi connectivity index (χ4n) is 1.97. The number of nitrogens with one attached hydrogen (secondary N) is 2. The molecule has 5 nitrogen and oxygen atoms in total. The molecule has 2 aromatic rings. The van der Waals surface area contributed by atoms with Crippen molar-refractivity contribution in [2.45, 2.75) is 26.3 Å². The van der Waals surface area contributed by atoms with Crippen molar-refractivity contribution in [2.24, 2.45) is 0 Å². The summed E-state index contributed by atoms with van der Waals surface area (Å²) in [6.07, 6.45) is 4.76. The topological polar surface area (TPSA) is 71.1 Å². The third-order valence-corrected chi connectivity index (χ3v) is 3.12. The van der Waals surface area contributed by atoms with Crippen LogP contribution in [0.5, 0.6) is 0 Å². The van der Waals surface area contributed by atoms with Gasteiger partial charge in [0.1, 0.15) is 0 Å². The maximum Gasteiger partial charge on any atom is 0.319 e. The van der Waals surface area contributed by atoms with Crippen molar-refractivity contribution in [3.05, 3.63) is 59.9 Å². The summed E-state index contributed by atoms with van der Waals surface area (Å²) in [6, 6.07) is 10.3. The molecule has 0 atom stereocenters. The van der Waals surface area contributed by atoms with E-state index in [2.05, 4.69) is 15.6 Å². The van der Waals surface area contributed by atoms with E-state index in [1.807, 2.05) is 19.1 Å². The van der Waals surface area contributed by atoms with Crippen LogP contribution in [0.3, 0.4) is 0 Å². The maximum atomic E-state index is 11.8. The highest BCUT2D eigenvalue weighted by molar-refractivity contribution is 5.97. The van der Waals surface area contributed by atoms with E-state index < -0.39 is 0 Å². The van der Waals surface area contributed by atoms with Crippen molar-refractivity contribution in [2.75, 3.05) is 5.32 Å². The molecule has 2 rings (SSSR count). The number of carbonyl (C=O) groups excluding carboxylic acids is 2. The summed E-state index contributed by atoms with van der Waals surface area (Å²) in [7, 11) is 0. The number of hydrogen-bond donors (Lipinski definition) is 2. The van der Waals surface area contributed by atoms with Crippen molar-refractivity contribution < 1.29 is 9.59 Å². The van der Waals surface area contributed by atoms with Crippen molar-refractivity contribution >= 4 is 17.5 Å². The molecule has 0 saturated heterocycles. The number of hydrogen-bond acceptors (Lipinski definition) is 3. The number of carbonyl (C=O) groups is 2. The van der Waals surface area contributed by atoms with Gasteiger partial charge in [-0.1, -0.05) is 13.0 Å². The van der Waals surface area contributed by atoms with Gasteiger partial charge in [0.2, 0.25) is 0 Å². The Hall–Kier alpha value is -2.69. The molecular weight excluding hydrogens is 278 g/mol. The summed E-state index contributed by atoms with van der Waals surface area (Å²) in [5, 5.41) is 5.48. The molecule has 5 heteroatoms. The second-order valence-corrected chi connectivity index (χ2v) is 4.92. The van der Waals surface area contributed by atoms with Crippen LogP contribution in [0.4, 0.5) is 10.5 Å². The third kappa shape index (κ3) is 4.70. The van der Waals surface area contributed by atoms with Gasteiger partial charge in [-0.05, 0) is 42.3 Å². The van der Waals surface area contributed by atoms with E-state index in [1.165, 1.54) is 0 Å². The van der Waals surface area contributed by atoms with Gasteiger partial charge in [-0.25, -0.2) is 4.79 Å². The number of anilines is 1. The molecule has 0 aliphatic carbocycles. The SMILES string of the molecule is CCCC(=O)c1ccc(NC(=O)NCc2cccnc2)cc1. The van der Waals surface area contributed by atoms with Gasteiger partial charge in [-0.2, -0.15) is 0 Å². The van der Waals surface area contributed by atoms with Crippen LogP contribution in [0, 0.1) is 0 Å². The molecule has 114 valence electrons. The summed E-state index contributed by atoms with van der Waals surface area (Å²) < 4.78 is 0. The molecule has 0 unspecified atom stereocenters. The number of Topliss-reactive ketones (excluding diaryl/α,β-unsaturated/α-hetero) is 1. The molecule has 2 amide bonds. The van der Waals surface area contributed by atoms with Crippen LogP contribution in [0.25, 0.3) is 0 Å². The fraction of sp³-hybridized carbons (Fsp3) is 0.235. The zero-order valence-electron chi connectivity index (χ0n) is 12.5. The quantitative estimate of drug-likeness (QED) is 0.803. The molecule has 0 spiro atoms. The van der Waals surface area contributed by atoms with Crippen LogP contribution >= 0.6 is 0 Å². The highest BCUT2D eigenvalue weighted by Crippen LogP contribution is 2.12. The van der Waals surface area contributed by atoms with Crippen LogP contribution in [0.1, 0.15) is 35.7 Å². The van der Waals surface area contributed by atoms with Gasteiger partial charge in [0.15, 0.2) is 5.78 Å². The van der Waals surface area contributed by atoms with E-state index in [1.54, 1.807) is 36.7 Å². The Morgan fingerprint density at radius 1 is 1.14 bits per heavy atom. The second-order valence-electron chi connectivity index (χ2n) is 4.92. The molecule has 1 aromatic carbocycles. The Labute approximate surface area is 129 Å². The number of benzene rings is 1. The number of nitrogens with zero attached hydrogens (tertiary/aromatic N) is 1. The molecule has 0 fully saturated rings. The number of ketones is 1. The van der Waals surface area contributed by atoms with E-state index in [0.29, 0.717) is 24.2 Å². The minimum atomic E-state index is -0.295. The zero-order chi connectivity index (χ0) is 15.8. The first-order chi connectivity index (χ1) is 10.7. The largest absolute Gasteiger partial charge is 0.334 e. The number of urea groups is 1. The molecule has 0 saturated carbocycles. The number of rotatable bonds is 6. The lowest BCUT2D eigenvalue weighted by Gasteiger charge is -2.08. The van der Waals surface area contributed by atoms with Crippen LogP contribution in [0.15, 0.2) is 48.8 Å². The van der Waals surface area contributed by atoms with Crippen molar-refractivity contribution in [1.29, 1.82) is 0 Å². The summed E-state index contributed by atoms with van der Waals surface area (Å²) in [6.45, 7) is 2.38. The van der Waals surface area contributed by atoms with E-state index in [9.17, 15) is 9.59 Å². The van der Waals surface area contributed by atoms with Gasteiger partial charge >= 0.3 is 6.03 Å². The van der Waals surface area contributed by atoms with Gasteiger partial charge in [-0.3, -0.25) is 9.78 Å². The highest BCUT2D eigenvalue weighted by Gasteiger charge is 2.05. The molecule has 0 aliphatic heterocycles. The average Bonchev–Trinajstić information content (AvgIpc) is 2.55. The Kier molecular flexibility index (Phi) is 5.65. The van der Waals surface area contributed by atoms with Crippen LogP contribution in [-0.2, 0) is 6.54 Å². The molecular formula is C17H19N3O2. The monoisotopic (exact) mass is 297 g/mol. The summed E-state index contributed by atoms with van der Waals surface area (Å²) in [5.41, 5.74) is 2.25. The molecule has 1 heterocycles. The summed E-state index contributed by atoms with van der Waals surface area (Å²) >= 11 is 0. The fourth-order valence-corrected chi connectivity index (χ4v) is 1.97. The standard InChI is InChI=1S/C17H19N3O2/c1-2-4-16(21)14-6-8-15(9-7-14)20-17(22)19-12-13-5-3-10-18-11-13/h3,5-11H,2,4,12H2,1H3,(H2,19,20,22). The van der Waals surface area contributed by atoms with Crippen LogP contribution in [0.2, 0.25) is 0 Å². The third-order valence-electron chi connectivity index (χ3n) is 3.12. The van der Waals surface area contributed by atoms with Crippen molar-refractivity contribution in [3.8, 4) is 0 Å². The summed E-state index contributed by atoms with van der Waals surface area (Å²) in [5.74, 6) is 0.120. The molecule has 2 N–H and O–H groups in total. The van der Waals surface area contributed by atoms with Gasteiger partial charge in [-0.15, -0.1) is 0 Å². The second kappa shape index (κ2) is 7.93. The molecule has 0 aliphatic rings. The number of aromatic nitrogens is 1. The maximum absolute atomic E-state index is 11.8. The van der Waals surface area contributed by atoms with Gasteiger partial charge in [0, 0.05) is 36.6 Å². The van der Waals surface area contributed by atoms with Crippen LogP contribution < -0.4 is 10.6 Å². The Morgan fingerprint density at radius 2 is 1.91 bits per heavy atom. The zero-order valence-corrected chi connectivity index (χ0v) is 12.5. The lowest BCUT2D eigenvalue weighted by Crippen LogP contribution is -2.28. The molecule has 1 aromatic heterocycles. The predicted molar refractivity (Wildman–Crippen MR) is 85.8 cm³/mol. The van der Waals surface area contributed by atoms with Crippen molar-refractivity contribution in [1.82, 2.24) is 10.3 Å². The Balaban J connectivity index is 1.85. The minimum Gasteiger partial charge on any atom is -0.334 e. The Bertz CT molecular complexity index is 624. The van der Waals surface area contributed by atoms with Gasteiger partial charge in [0.05, 0.1) is 0 Å². The normalized spacial score (nSPS) is 10.0. The van der Waals surface area contributed by atoms with E-state index in [-0.39, 0.29) is 11.8 Å². The summed E-state index contributed by atoms with van der Waals surface area (Å²) in [4.78, 5) is 27.5. The first kappa shape index (κ1) is 15.7. The van der Waals surface area contributed by atoms with Crippen molar-refractivity contribution in [3.63, 3.8) is 0 Å². The predicted octanol–water partition coefficient (Wildman–Crippen LogP) is 3.39. The lowest BCUT2D eigenvalue weighted by atomic mass is 10.1. The molecule has 0 radical (unpaired) electrons.